The molecule has 90 valence electrons. The first-order valence-corrected chi connectivity index (χ1v) is 7.34. The summed E-state index contributed by atoms with van der Waals surface area (Å²) in [6.07, 6.45) is 0. The van der Waals surface area contributed by atoms with Crippen molar-refractivity contribution in [3.63, 3.8) is 0 Å². The van der Waals surface area contributed by atoms with Crippen molar-refractivity contribution in [1.82, 2.24) is 9.78 Å². The summed E-state index contributed by atoms with van der Waals surface area (Å²) in [7, 11) is 1.89. The van der Waals surface area contributed by atoms with Crippen molar-refractivity contribution in [3.05, 3.63) is 39.1 Å². The fourth-order valence-corrected chi connectivity index (χ4v) is 2.74. The third-order valence-corrected chi connectivity index (χ3v) is 3.92. The lowest BCUT2D eigenvalue weighted by atomic mass is 10.3. The van der Waals surface area contributed by atoms with Gasteiger partial charge in [0.1, 0.15) is 5.75 Å². The summed E-state index contributed by atoms with van der Waals surface area (Å²) in [5.41, 5.74) is 2.08. The van der Waals surface area contributed by atoms with Crippen LogP contribution in [0.25, 0.3) is 0 Å². The topological polar surface area (TPSA) is 27.1 Å². The smallest absolute Gasteiger partial charge is 0.221 e. The molecule has 0 N–H and O–H groups in total. The van der Waals surface area contributed by atoms with Crippen LogP contribution in [0.5, 0.6) is 11.6 Å². The Morgan fingerprint density at radius 3 is 2.76 bits per heavy atom. The molecule has 0 spiro atoms. The van der Waals surface area contributed by atoms with Gasteiger partial charge in [-0.25, -0.2) is 4.68 Å². The second-order valence-electron chi connectivity index (χ2n) is 3.66. The molecule has 3 nitrogen and oxygen atoms in total. The number of ether oxygens (including phenoxy) is 1. The summed E-state index contributed by atoms with van der Waals surface area (Å²) in [5, 5.41) is 5.11. The van der Waals surface area contributed by atoms with Gasteiger partial charge in [-0.15, -0.1) is 0 Å². The van der Waals surface area contributed by atoms with Gasteiger partial charge in [0, 0.05) is 17.9 Å². The molecule has 1 heterocycles. The molecule has 0 saturated heterocycles. The Morgan fingerprint density at radius 2 is 2.12 bits per heavy atom. The van der Waals surface area contributed by atoms with Crippen LogP contribution >= 0.6 is 38.5 Å². The van der Waals surface area contributed by atoms with E-state index >= 15 is 0 Å². The maximum atomic E-state index is 5.95. The number of aryl methyl sites for hydroxylation is 2. The van der Waals surface area contributed by atoms with Crippen molar-refractivity contribution in [3.8, 4) is 11.6 Å². The Balaban J connectivity index is 2.40. The van der Waals surface area contributed by atoms with Crippen LogP contribution in [0.4, 0.5) is 0 Å². The van der Waals surface area contributed by atoms with E-state index < -0.39 is 0 Å². The van der Waals surface area contributed by atoms with Crippen LogP contribution in [-0.4, -0.2) is 9.78 Å². The minimum Gasteiger partial charge on any atom is -0.438 e. The lowest BCUT2D eigenvalue weighted by Gasteiger charge is -2.09. The summed E-state index contributed by atoms with van der Waals surface area (Å²) < 4.78 is 8.81. The number of hydrogen-bond donors (Lipinski definition) is 0. The second kappa shape index (κ2) is 5.39. The van der Waals surface area contributed by atoms with E-state index in [0.717, 1.165) is 31.8 Å². The van der Waals surface area contributed by atoms with Gasteiger partial charge < -0.3 is 4.74 Å². The molecule has 2 rings (SSSR count). The van der Waals surface area contributed by atoms with Crippen molar-refractivity contribution < 1.29 is 4.74 Å². The fourth-order valence-electron chi connectivity index (χ4n) is 1.59. The fraction of sp³-hybridized carbons (Fsp3) is 0.250. The van der Waals surface area contributed by atoms with Gasteiger partial charge in [-0.1, -0.05) is 28.1 Å². The second-order valence-corrected chi connectivity index (χ2v) is 5.38. The van der Waals surface area contributed by atoms with E-state index in [4.69, 9.17) is 4.74 Å². The molecule has 0 bridgehead atoms. The molecule has 5 heteroatoms. The third-order valence-electron chi connectivity index (χ3n) is 2.47. The van der Waals surface area contributed by atoms with Crippen molar-refractivity contribution in [2.24, 2.45) is 7.05 Å². The molecule has 2 aromatic rings. The maximum Gasteiger partial charge on any atom is 0.221 e. The highest BCUT2D eigenvalue weighted by Gasteiger charge is 2.15. The van der Waals surface area contributed by atoms with E-state index in [-0.39, 0.29) is 0 Å². The van der Waals surface area contributed by atoms with Gasteiger partial charge in [0.15, 0.2) is 0 Å². The molecule has 0 aliphatic carbocycles. The molecule has 0 saturated carbocycles. The maximum absolute atomic E-state index is 5.95. The Morgan fingerprint density at radius 1 is 1.41 bits per heavy atom. The summed E-state index contributed by atoms with van der Waals surface area (Å²) >= 11 is 5.73. The van der Waals surface area contributed by atoms with Gasteiger partial charge in [-0.05, 0) is 41.6 Å². The number of halogens is 2. The first kappa shape index (κ1) is 12.9. The van der Waals surface area contributed by atoms with Gasteiger partial charge in [-0.2, -0.15) is 5.10 Å². The van der Waals surface area contributed by atoms with Crippen LogP contribution in [0.3, 0.4) is 0 Å². The van der Waals surface area contributed by atoms with Crippen molar-refractivity contribution in [2.45, 2.75) is 12.3 Å². The molecule has 1 aromatic heterocycles. The molecule has 0 fully saturated rings. The number of nitrogens with zero attached hydrogens (tertiary/aromatic N) is 2. The molecule has 1 aromatic carbocycles. The molecule has 0 aliphatic rings. The summed E-state index contributed by atoms with van der Waals surface area (Å²) in [5.74, 6) is 1.65. The van der Waals surface area contributed by atoms with E-state index in [9.17, 15) is 0 Å². The Bertz CT molecular complexity index is 539. The third kappa shape index (κ3) is 2.65. The number of benzene rings is 1. The lowest BCUT2D eigenvalue weighted by Crippen LogP contribution is -1.97. The van der Waals surface area contributed by atoms with E-state index in [1.807, 2.05) is 38.2 Å². The number of para-hydroxylation sites is 1. The largest absolute Gasteiger partial charge is 0.438 e. The van der Waals surface area contributed by atoms with E-state index in [1.165, 1.54) is 0 Å². The van der Waals surface area contributed by atoms with Crippen LogP contribution in [-0.2, 0) is 12.4 Å². The molecule has 17 heavy (non-hydrogen) atoms. The predicted molar refractivity (Wildman–Crippen MR) is 79.8 cm³/mol. The zero-order valence-corrected chi connectivity index (χ0v) is 13.3. The summed E-state index contributed by atoms with van der Waals surface area (Å²) in [6.45, 7) is 1.99. The lowest BCUT2D eigenvalue weighted by molar-refractivity contribution is 0.425. The van der Waals surface area contributed by atoms with Crippen LogP contribution in [0.2, 0.25) is 0 Å². The molecule has 0 amide bonds. The van der Waals surface area contributed by atoms with Crippen molar-refractivity contribution >= 4 is 38.5 Å². The molecule has 0 unspecified atom stereocenters. The number of rotatable bonds is 3. The zero-order chi connectivity index (χ0) is 12.4. The average molecular weight is 407 g/mol. The highest BCUT2D eigenvalue weighted by molar-refractivity contribution is 14.1. The first-order valence-electron chi connectivity index (χ1n) is 5.14. The number of aromatic nitrogens is 2. The number of hydrogen-bond acceptors (Lipinski definition) is 2. The Labute approximate surface area is 122 Å². The number of alkyl halides is 1. The normalized spacial score (nSPS) is 10.6. The van der Waals surface area contributed by atoms with E-state index in [0.29, 0.717) is 0 Å². The van der Waals surface area contributed by atoms with Gasteiger partial charge >= 0.3 is 0 Å². The van der Waals surface area contributed by atoms with Crippen molar-refractivity contribution in [2.75, 3.05) is 0 Å². The highest BCUT2D eigenvalue weighted by atomic mass is 127. The van der Waals surface area contributed by atoms with Gasteiger partial charge in [0.25, 0.3) is 0 Å². The van der Waals surface area contributed by atoms with Crippen LogP contribution in [0, 0.1) is 10.5 Å². The quantitative estimate of drug-likeness (QED) is 0.568. The van der Waals surface area contributed by atoms with Gasteiger partial charge in [0.05, 0.1) is 9.26 Å². The monoisotopic (exact) mass is 406 g/mol. The van der Waals surface area contributed by atoms with Gasteiger partial charge in [-0.3, -0.25) is 0 Å². The van der Waals surface area contributed by atoms with Crippen LogP contribution < -0.4 is 4.74 Å². The Hall–Kier alpha value is -0.560. The molecular weight excluding hydrogens is 395 g/mol. The summed E-state index contributed by atoms with van der Waals surface area (Å²) in [4.78, 5) is 0. The van der Waals surface area contributed by atoms with Crippen molar-refractivity contribution in [1.29, 1.82) is 0 Å². The first-order chi connectivity index (χ1) is 8.13. The minimum atomic E-state index is 0.741. The minimum absolute atomic E-state index is 0.741. The molecule has 0 atom stereocenters. The zero-order valence-electron chi connectivity index (χ0n) is 9.58. The SMILES string of the molecule is Cc1nn(C)c(Oc2ccccc2I)c1CBr. The average Bonchev–Trinajstić information content (AvgIpc) is 2.56. The predicted octanol–water partition coefficient (Wildman–Crippen LogP) is 4.02. The van der Waals surface area contributed by atoms with Crippen LogP contribution in [0.1, 0.15) is 11.3 Å². The molecule has 0 radical (unpaired) electrons. The van der Waals surface area contributed by atoms with E-state index in [1.54, 1.807) is 4.68 Å². The molecular formula is C12H12BrIN2O. The standard InChI is InChI=1S/C12H12BrIN2O/c1-8-9(7-13)12(16(2)15-8)17-11-6-4-3-5-10(11)14/h3-6H,7H2,1-2H3. The highest BCUT2D eigenvalue weighted by Crippen LogP contribution is 2.31. The summed E-state index contributed by atoms with van der Waals surface area (Å²) in [6, 6.07) is 7.94. The van der Waals surface area contributed by atoms with E-state index in [2.05, 4.69) is 43.6 Å². The van der Waals surface area contributed by atoms with Gasteiger partial charge in [0.2, 0.25) is 5.88 Å². The Kier molecular flexibility index (Phi) is 4.09. The van der Waals surface area contributed by atoms with Crippen LogP contribution in [0.15, 0.2) is 24.3 Å². The molecule has 0 aliphatic heterocycles.